The van der Waals surface area contributed by atoms with Crippen LogP contribution >= 0.6 is 0 Å². The standard InChI is InChI=1S/C18H39NO6/c1-4-18(2)17-25-16-15-24-14-13-23-12-11-22-10-9-21-8-7-20-6-5-19-3/h18-19H,4-17H2,1-3H3. The van der Waals surface area contributed by atoms with E-state index in [4.69, 9.17) is 28.4 Å². The lowest BCUT2D eigenvalue weighted by molar-refractivity contribution is -0.0180. The third-order valence-electron chi connectivity index (χ3n) is 3.46. The van der Waals surface area contributed by atoms with Crippen LogP contribution < -0.4 is 5.32 Å². The second-order valence-electron chi connectivity index (χ2n) is 5.75. The first-order chi connectivity index (χ1) is 12.3. The van der Waals surface area contributed by atoms with E-state index in [9.17, 15) is 0 Å². The van der Waals surface area contributed by atoms with Crippen molar-refractivity contribution in [2.24, 2.45) is 5.92 Å². The summed E-state index contributed by atoms with van der Waals surface area (Å²) in [5.41, 5.74) is 0. The molecule has 0 saturated carbocycles. The van der Waals surface area contributed by atoms with Gasteiger partial charge in [-0.15, -0.1) is 0 Å². The van der Waals surface area contributed by atoms with Crippen molar-refractivity contribution in [3.05, 3.63) is 0 Å². The molecular weight excluding hydrogens is 326 g/mol. The topological polar surface area (TPSA) is 67.4 Å². The van der Waals surface area contributed by atoms with Gasteiger partial charge in [0.25, 0.3) is 0 Å². The molecule has 0 aromatic heterocycles. The Morgan fingerprint density at radius 2 is 0.960 bits per heavy atom. The highest BCUT2D eigenvalue weighted by Crippen LogP contribution is 1.99. The van der Waals surface area contributed by atoms with Gasteiger partial charge < -0.3 is 33.7 Å². The Kier molecular flexibility index (Phi) is 21.5. The van der Waals surface area contributed by atoms with Crippen LogP contribution in [0, 0.1) is 5.92 Å². The monoisotopic (exact) mass is 365 g/mol. The maximum atomic E-state index is 5.50. The van der Waals surface area contributed by atoms with Crippen LogP contribution in [0.4, 0.5) is 0 Å². The van der Waals surface area contributed by atoms with Gasteiger partial charge in [0.2, 0.25) is 0 Å². The predicted molar refractivity (Wildman–Crippen MR) is 98.3 cm³/mol. The van der Waals surface area contributed by atoms with Crippen molar-refractivity contribution >= 4 is 0 Å². The first kappa shape index (κ1) is 24.7. The summed E-state index contributed by atoms with van der Waals surface area (Å²) in [7, 11) is 1.90. The molecule has 0 aromatic rings. The van der Waals surface area contributed by atoms with E-state index in [2.05, 4.69) is 19.2 Å². The number of rotatable bonds is 21. The van der Waals surface area contributed by atoms with Crippen molar-refractivity contribution in [1.82, 2.24) is 5.32 Å². The molecule has 0 aromatic carbocycles. The molecule has 0 spiro atoms. The highest BCUT2D eigenvalue weighted by atomic mass is 16.6. The van der Waals surface area contributed by atoms with Crippen LogP contribution in [0.3, 0.4) is 0 Å². The zero-order chi connectivity index (χ0) is 18.4. The first-order valence-electron chi connectivity index (χ1n) is 9.42. The molecule has 0 aliphatic carbocycles. The summed E-state index contributed by atoms with van der Waals surface area (Å²) >= 11 is 0. The largest absolute Gasteiger partial charge is 0.379 e. The van der Waals surface area contributed by atoms with Crippen molar-refractivity contribution in [1.29, 1.82) is 0 Å². The maximum absolute atomic E-state index is 5.50. The first-order valence-corrected chi connectivity index (χ1v) is 9.42. The summed E-state index contributed by atoms with van der Waals surface area (Å²) in [5, 5.41) is 3.02. The fraction of sp³-hybridized carbons (Fsp3) is 1.00. The minimum Gasteiger partial charge on any atom is -0.379 e. The smallest absolute Gasteiger partial charge is 0.0701 e. The molecule has 1 unspecified atom stereocenters. The predicted octanol–water partition coefficient (Wildman–Crippen LogP) is 1.35. The van der Waals surface area contributed by atoms with E-state index in [1.807, 2.05) is 7.05 Å². The molecule has 152 valence electrons. The molecule has 1 N–H and O–H groups in total. The van der Waals surface area contributed by atoms with E-state index < -0.39 is 0 Å². The van der Waals surface area contributed by atoms with Crippen LogP contribution in [0.5, 0.6) is 0 Å². The molecular formula is C18H39NO6. The van der Waals surface area contributed by atoms with Gasteiger partial charge in [0.05, 0.1) is 72.7 Å². The van der Waals surface area contributed by atoms with Crippen LogP contribution in [-0.4, -0.2) is 92.9 Å². The molecule has 0 aliphatic rings. The van der Waals surface area contributed by atoms with E-state index in [1.165, 1.54) is 0 Å². The highest BCUT2D eigenvalue weighted by Gasteiger charge is 1.98. The molecule has 25 heavy (non-hydrogen) atoms. The summed E-state index contributed by atoms with van der Waals surface area (Å²) in [5.74, 6) is 0.616. The average molecular weight is 366 g/mol. The van der Waals surface area contributed by atoms with Gasteiger partial charge in [-0.25, -0.2) is 0 Å². The van der Waals surface area contributed by atoms with Gasteiger partial charge in [-0.3, -0.25) is 0 Å². The number of nitrogens with one attached hydrogen (secondary N) is 1. The van der Waals surface area contributed by atoms with E-state index in [0.29, 0.717) is 78.6 Å². The van der Waals surface area contributed by atoms with Gasteiger partial charge in [0.15, 0.2) is 0 Å². The second kappa shape index (κ2) is 21.8. The maximum Gasteiger partial charge on any atom is 0.0701 e. The SMILES string of the molecule is CCC(C)COCCOCCOCCOCCOCCOCCNC. The lowest BCUT2D eigenvalue weighted by atomic mass is 10.1. The summed E-state index contributed by atoms with van der Waals surface area (Å²) in [6.45, 7) is 12.7. The molecule has 1 atom stereocenters. The van der Waals surface area contributed by atoms with Gasteiger partial charge in [-0.2, -0.15) is 0 Å². The molecule has 0 saturated heterocycles. The number of hydrogen-bond donors (Lipinski definition) is 1. The van der Waals surface area contributed by atoms with E-state index in [0.717, 1.165) is 19.6 Å². The van der Waals surface area contributed by atoms with Gasteiger partial charge in [-0.05, 0) is 13.0 Å². The Hall–Kier alpha value is -0.280. The molecule has 0 radical (unpaired) electrons. The average Bonchev–Trinajstić information content (AvgIpc) is 2.63. The fourth-order valence-electron chi connectivity index (χ4n) is 1.68. The molecule has 0 amide bonds. The zero-order valence-corrected chi connectivity index (χ0v) is 16.4. The van der Waals surface area contributed by atoms with Crippen molar-refractivity contribution in [3.8, 4) is 0 Å². The Morgan fingerprint density at radius 1 is 0.600 bits per heavy atom. The molecule has 0 heterocycles. The van der Waals surface area contributed by atoms with Crippen LogP contribution in [0.15, 0.2) is 0 Å². The van der Waals surface area contributed by atoms with E-state index in [1.54, 1.807) is 0 Å². The van der Waals surface area contributed by atoms with Crippen LogP contribution in [-0.2, 0) is 28.4 Å². The molecule has 0 rings (SSSR count). The zero-order valence-electron chi connectivity index (χ0n) is 16.4. The van der Waals surface area contributed by atoms with Gasteiger partial charge in [0.1, 0.15) is 0 Å². The highest BCUT2D eigenvalue weighted by molar-refractivity contribution is 4.45. The molecule has 0 bridgehead atoms. The summed E-state index contributed by atoms with van der Waals surface area (Å²) in [6, 6.07) is 0. The molecule has 0 aliphatic heterocycles. The lowest BCUT2D eigenvalue weighted by Crippen LogP contribution is -2.17. The molecule has 0 fully saturated rings. The Labute approximate surface area is 153 Å². The number of hydrogen-bond acceptors (Lipinski definition) is 7. The minimum atomic E-state index is 0.569. The quantitative estimate of drug-likeness (QED) is 0.308. The van der Waals surface area contributed by atoms with Crippen LogP contribution in [0.1, 0.15) is 20.3 Å². The number of likely N-dealkylation sites (N-methyl/N-ethyl adjacent to an activating group) is 1. The van der Waals surface area contributed by atoms with Crippen molar-refractivity contribution < 1.29 is 28.4 Å². The van der Waals surface area contributed by atoms with Gasteiger partial charge >= 0.3 is 0 Å². The van der Waals surface area contributed by atoms with Crippen molar-refractivity contribution in [3.63, 3.8) is 0 Å². The van der Waals surface area contributed by atoms with Crippen LogP contribution in [0.25, 0.3) is 0 Å². The Morgan fingerprint density at radius 3 is 1.32 bits per heavy atom. The third-order valence-corrected chi connectivity index (χ3v) is 3.46. The number of ether oxygens (including phenoxy) is 6. The molecule has 7 nitrogen and oxygen atoms in total. The Balaban J connectivity index is 2.98. The summed E-state index contributed by atoms with van der Waals surface area (Å²) < 4.78 is 32.5. The van der Waals surface area contributed by atoms with Crippen molar-refractivity contribution in [2.45, 2.75) is 20.3 Å². The summed E-state index contributed by atoms with van der Waals surface area (Å²) in [6.07, 6.45) is 1.15. The fourth-order valence-corrected chi connectivity index (χ4v) is 1.68. The molecule has 7 heteroatoms. The minimum absolute atomic E-state index is 0.569. The van der Waals surface area contributed by atoms with E-state index >= 15 is 0 Å². The summed E-state index contributed by atoms with van der Waals surface area (Å²) in [4.78, 5) is 0. The van der Waals surface area contributed by atoms with E-state index in [-0.39, 0.29) is 0 Å². The third kappa shape index (κ3) is 21.7. The lowest BCUT2D eigenvalue weighted by Gasteiger charge is -2.10. The van der Waals surface area contributed by atoms with Gasteiger partial charge in [0, 0.05) is 13.2 Å². The Bertz CT molecular complexity index is 246. The second-order valence-corrected chi connectivity index (χ2v) is 5.75. The van der Waals surface area contributed by atoms with Crippen LogP contribution in [0.2, 0.25) is 0 Å². The van der Waals surface area contributed by atoms with Crippen molar-refractivity contribution in [2.75, 3.05) is 92.9 Å². The normalized spacial score (nSPS) is 12.6. The van der Waals surface area contributed by atoms with Gasteiger partial charge in [-0.1, -0.05) is 20.3 Å².